The van der Waals surface area contributed by atoms with Crippen molar-refractivity contribution in [3.05, 3.63) is 70.8 Å². The highest BCUT2D eigenvalue weighted by molar-refractivity contribution is 14.0. The second kappa shape index (κ2) is 12.8. The molecule has 0 aliphatic rings. The Morgan fingerprint density at radius 1 is 1.00 bits per heavy atom. The Morgan fingerprint density at radius 2 is 1.66 bits per heavy atom. The first-order valence-electron chi connectivity index (χ1n) is 9.69. The van der Waals surface area contributed by atoms with Crippen LogP contribution in [0.1, 0.15) is 42.0 Å². The first kappa shape index (κ1) is 25.4. The number of hydrogen-bond acceptors (Lipinski definition) is 3. The molecule has 0 unspecified atom stereocenters. The first-order valence-corrected chi connectivity index (χ1v) is 11.8. The van der Waals surface area contributed by atoms with E-state index >= 15 is 0 Å². The molecule has 0 fully saturated rings. The van der Waals surface area contributed by atoms with Crippen LogP contribution in [0.15, 0.2) is 53.5 Å². The molecule has 0 bridgehead atoms. The van der Waals surface area contributed by atoms with Crippen LogP contribution in [-0.2, 0) is 28.7 Å². The van der Waals surface area contributed by atoms with Crippen molar-refractivity contribution in [2.45, 2.75) is 45.5 Å². The molecule has 2 aromatic carbocycles. The van der Waals surface area contributed by atoms with E-state index in [1.54, 1.807) is 0 Å². The van der Waals surface area contributed by atoms with Crippen molar-refractivity contribution in [2.24, 2.45) is 4.99 Å². The summed E-state index contributed by atoms with van der Waals surface area (Å²) in [5.74, 6) is 0.785. The molecular weight excluding hydrogens is 497 g/mol. The lowest BCUT2D eigenvalue weighted by molar-refractivity contribution is 0.601. The number of halogens is 1. The number of nitrogens with zero attached hydrogens (tertiary/aromatic N) is 1. The van der Waals surface area contributed by atoms with E-state index in [0.717, 1.165) is 42.0 Å². The molecule has 0 saturated carbocycles. The van der Waals surface area contributed by atoms with Crippen LogP contribution in [0.4, 0.5) is 0 Å². The van der Waals surface area contributed by atoms with Gasteiger partial charge in [0, 0.05) is 19.3 Å². The summed E-state index contributed by atoms with van der Waals surface area (Å²) in [6.45, 7) is 6.19. The summed E-state index contributed by atoms with van der Waals surface area (Å²) < 4.78 is 23.4. The zero-order chi connectivity index (χ0) is 20.4. The molecular formula is C22H32IN3O2S. The predicted molar refractivity (Wildman–Crippen MR) is 132 cm³/mol. The van der Waals surface area contributed by atoms with Gasteiger partial charge in [-0.3, -0.25) is 0 Å². The van der Waals surface area contributed by atoms with Crippen molar-refractivity contribution >= 4 is 39.8 Å². The van der Waals surface area contributed by atoms with Crippen LogP contribution in [0.25, 0.3) is 0 Å². The molecule has 2 rings (SSSR count). The molecule has 160 valence electrons. The average Bonchev–Trinajstić information content (AvgIpc) is 2.65. The SMILES string of the molecule is CCCCNC(=NCc1ccc(C)cc1)NCc1ccccc1CS(C)(=O)=O.I. The normalized spacial score (nSPS) is 11.6. The van der Waals surface area contributed by atoms with Crippen LogP contribution in [0, 0.1) is 6.92 Å². The van der Waals surface area contributed by atoms with Gasteiger partial charge in [0.05, 0.1) is 12.3 Å². The van der Waals surface area contributed by atoms with Gasteiger partial charge >= 0.3 is 0 Å². The standard InChI is InChI=1S/C22H31N3O2S.HI/c1-4-5-14-23-22(24-15-19-12-10-18(2)11-13-19)25-16-20-8-6-7-9-21(20)17-28(3,26)27;/h6-13H,4-5,14-17H2,1-3H3,(H2,23,24,25);1H. The average molecular weight is 529 g/mol. The Bertz CT molecular complexity index is 881. The molecule has 2 N–H and O–H groups in total. The van der Waals surface area contributed by atoms with Gasteiger partial charge in [0.1, 0.15) is 0 Å². The van der Waals surface area contributed by atoms with Gasteiger partial charge in [-0.1, -0.05) is 67.4 Å². The van der Waals surface area contributed by atoms with Gasteiger partial charge in [-0.05, 0) is 30.0 Å². The fourth-order valence-corrected chi connectivity index (χ4v) is 3.60. The Balaban J connectivity index is 0.00000420. The van der Waals surface area contributed by atoms with Crippen molar-refractivity contribution in [2.75, 3.05) is 12.8 Å². The summed E-state index contributed by atoms with van der Waals surface area (Å²) in [5.41, 5.74) is 4.17. The van der Waals surface area contributed by atoms with E-state index in [4.69, 9.17) is 4.99 Å². The highest BCUT2D eigenvalue weighted by Crippen LogP contribution is 2.12. The largest absolute Gasteiger partial charge is 0.356 e. The fraction of sp³-hybridized carbons (Fsp3) is 0.409. The lowest BCUT2D eigenvalue weighted by atomic mass is 10.1. The van der Waals surface area contributed by atoms with E-state index in [-0.39, 0.29) is 29.7 Å². The molecule has 0 aliphatic carbocycles. The van der Waals surface area contributed by atoms with Gasteiger partial charge in [-0.25, -0.2) is 13.4 Å². The lowest BCUT2D eigenvalue weighted by Gasteiger charge is -2.14. The van der Waals surface area contributed by atoms with Gasteiger partial charge in [0.15, 0.2) is 15.8 Å². The lowest BCUT2D eigenvalue weighted by Crippen LogP contribution is -2.37. The van der Waals surface area contributed by atoms with Crippen LogP contribution in [0.5, 0.6) is 0 Å². The summed E-state index contributed by atoms with van der Waals surface area (Å²) in [6, 6.07) is 16.0. The molecule has 7 heteroatoms. The number of nitrogens with one attached hydrogen (secondary N) is 2. The molecule has 5 nitrogen and oxygen atoms in total. The number of unbranched alkanes of at least 4 members (excludes halogenated alkanes) is 1. The molecule has 0 aromatic heterocycles. The third kappa shape index (κ3) is 10.1. The molecule has 0 spiro atoms. The van der Waals surface area contributed by atoms with Crippen LogP contribution in [0.3, 0.4) is 0 Å². The number of rotatable bonds is 9. The minimum absolute atomic E-state index is 0. The number of aryl methyl sites for hydroxylation is 1. The summed E-state index contributed by atoms with van der Waals surface area (Å²) >= 11 is 0. The van der Waals surface area contributed by atoms with E-state index in [0.29, 0.717) is 13.1 Å². The van der Waals surface area contributed by atoms with E-state index in [1.165, 1.54) is 11.8 Å². The Morgan fingerprint density at radius 3 is 2.28 bits per heavy atom. The predicted octanol–water partition coefficient (Wildman–Crippen LogP) is 4.19. The van der Waals surface area contributed by atoms with Gasteiger partial charge in [0.25, 0.3) is 0 Å². The second-order valence-corrected chi connectivity index (χ2v) is 9.26. The Kier molecular flexibility index (Phi) is 11.3. The third-order valence-corrected chi connectivity index (χ3v) is 5.18. The summed E-state index contributed by atoms with van der Waals surface area (Å²) in [5, 5.41) is 6.71. The van der Waals surface area contributed by atoms with Crippen molar-refractivity contribution in [1.82, 2.24) is 10.6 Å². The van der Waals surface area contributed by atoms with Crippen LogP contribution >= 0.6 is 24.0 Å². The number of sulfone groups is 1. The van der Waals surface area contributed by atoms with Crippen molar-refractivity contribution in [3.8, 4) is 0 Å². The minimum atomic E-state index is -3.08. The van der Waals surface area contributed by atoms with E-state index in [2.05, 4.69) is 48.7 Å². The maximum Gasteiger partial charge on any atom is 0.191 e. The molecule has 0 saturated heterocycles. The number of guanidine groups is 1. The summed E-state index contributed by atoms with van der Waals surface area (Å²) in [7, 11) is -3.08. The van der Waals surface area contributed by atoms with Crippen molar-refractivity contribution in [1.29, 1.82) is 0 Å². The second-order valence-electron chi connectivity index (χ2n) is 7.12. The number of aliphatic imine (C=N–C) groups is 1. The van der Waals surface area contributed by atoms with Crippen LogP contribution in [0.2, 0.25) is 0 Å². The molecule has 0 amide bonds. The van der Waals surface area contributed by atoms with Gasteiger partial charge in [-0.15, -0.1) is 24.0 Å². The Labute approximate surface area is 192 Å². The molecule has 0 heterocycles. The maximum absolute atomic E-state index is 11.7. The molecule has 0 radical (unpaired) electrons. The molecule has 2 aromatic rings. The quantitative estimate of drug-likeness (QED) is 0.221. The highest BCUT2D eigenvalue weighted by atomic mass is 127. The van der Waals surface area contributed by atoms with E-state index in [1.807, 2.05) is 24.3 Å². The molecule has 29 heavy (non-hydrogen) atoms. The Hall–Kier alpha value is -1.61. The molecule has 0 aliphatic heterocycles. The fourth-order valence-electron chi connectivity index (χ4n) is 2.75. The smallest absolute Gasteiger partial charge is 0.191 e. The van der Waals surface area contributed by atoms with Crippen molar-refractivity contribution < 1.29 is 8.42 Å². The number of benzene rings is 2. The zero-order valence-corrected chi connectivity index (χ0v) is 20.6. The van der Waals surface area contributed by atoms with Crippen LogP contribution < -0.4 is 10.6 Å². The van der Waals surface area contributed by atoms with E-state index in [9.17, 15) is 8.42 Å². The molecule has 0 atom stereocenters. The minimum Gasteiger partial charge on any atom is -0.356 e. The summed E-state index contributed by atoms with van der Waals surface area (Å²) in [4.78, 5) is 4.69. The topological polar surface area (TPSA) is 70.6 Å². The van der Waals surface area contributed by atoms with Crippen LogP contribution in [-0.4, -0.2) is 27.2 Å². The number of hydrogen-bond donors (Lipinski definition) is 2. The van der Waals surface area contributed by atoms with E-state index < -0.39 is 9.84 Å². The van der Waals surface area contributed by atoms with Crippen molar-refractivity contribution in [3.63, 3.8) is 0 Å². The highest BCUT2D eigenvalue weighted by Gasteiger charge is 2.09. The zero-order valence-electron chi connectivity index (χ0n) is 17.4. The third-order valence-electron chi connectivity index (χ3n) is 4.35. The summed E-state index contributed by atoms with van der Waals surface area (Å²) in [6.07, 6.45) is 3.43. The maximum atomic E-state index is 11.7. The van der Waals surface area contributed by atoms with Gasteiger partial charge in [-0.2, -0.15) is 0 Å². The van der Waals surface area contributed by atoms with Gasteiger partial charge in [0.2, 0.25) is 0 Å². The monoisotopic (exact) mass is 529 g/mol. The van der Waals surface area contributed by atoms with Gasteiger partial charge < -0.3 is 10.6 Å². The first-order chi connectivity index (χ1) is 13.4.